The van der Waals surface area contributed by atoms with E-state index in [-0.39, 0.29) is 17.6 Å². The second kappa shape index (κ2) is 12.0. The second-order valence-corrected chi connectivity index (χ2v) is 12.5. The number of rotatable bonds is 10. The highest BCUT2D eigenvalue weighted by Gasteiger charge is 2.30. The molecule has 1 fully saturated rings. The molecule has 0 aliphatic carbocycles. The summed E-state index contributed by atoms with van der Waals surface area (Å²) in [6, 6.07) is 5.85. The Morgan fingerprint density at radius 2 is 2.00 bits per heavy atom. The van der Waals surface area contributed by atoms with Crippen molar-refractivity contribution in [2.75, 3.05) is 45.2 Å². The minimum Gasteiger partial charge on any atom is -0.462 e. The van der Waals surface area contributed by atoms with Crippen LogP contribution in [0.1, 0.15) is 64.3 Å². The van der Waals surface area contributed by atoms with Gasteiger partial charge in [-0.25, -0.2) is 13.2 Å². The third-order valence-corrected chi connectivity index (χ3v) is 9.66. The molecule has 1 saturated heterocycles. The van der Waals surface area contributed by atoms with Crippen LogP contribution in [0.4, 0.5) is 5.00 Å². The number of ether oxygens (including phenoxy) is 2. The van der Waals surface area contributed by atoms with Gasteiger partial charge in [0.05, 0.1) is 23.2 Å². The Labute approximate surface area is 222 Å². The van der Waals surface area contributed by atoms with Gasteiger partial charge >= 0.3 is 5.97 Å². The van der Waals surface area contributed by atoms with Crippen molar-refractivity contribution in [3.8, 4) is 0 Å². The Morgan fingerprint density at radius 3 is 2.65 bits per heavy atom. The number of fused-ring (bicyclic) bond motifs is 1. The van der Waals surface area contributed by atoms with Crippen LogP contribution in [-0.2, 0) is 32.5 Å². The van der Waals surface area contributed by atoms with Crippen LogP contribution in [-0.4, -0.2) is 75.5 Å². The second-order valence-electron chi connectivity index (χ2n) is 9.35. The molecule has 0 saturated carbocycles. The van der Waals surface area contributed by atoms with Crippen molar-refractivity contribution in [1.29, 1.82) is 0 Å². The maximum Gasteiger partial charge on any atom is 0.341 e. The Balaban J connectivity index is 1.51. The number of thiophene rings is 1. The molecule has 202 valence electrons. The van der Waals surface area contributed by atoms with Gasteiger partial charge in [-0.15, -0.1) is 11.3 Å². The number of amides is 1. The SMILES string of the molecule is CCCN1CCc2c(sc(NC(=O)c3ccc(S(=O)(=O)N(C)CC4CCCO4)cc3)c2C(=O)OCC)C1. The molecule has 2 aliphatic heterocycles. The summed E-state index contributed by atoms with van der Waals surface area (Å²) in [6.45, 7) is 7.66. The maximum absolute atomic E-state index is 13.1. The van der Waals surface area contributed by atoms with Gasteiger partial charge in [0.25, 0.3) is 5.91 Å². The van der Waals surface area contributed by atoms with Crippen LogP contribution in [0, 0.1) is 0 Å². The lowest BCUT2D eigenvalue weighted by Crippen LogP contribution is -2.34. The van der Waals surface area contributed by atoms with Crippen molar-refractivity contribution >= 4 is 38.2 Å². The first-order valence-corrected chi connectivity index (χ1v) is 15.0. The van der Waals surface area contributed by atoms with Crippen LogP contribution < -0.4 is 5.32 Å². The molecule has 0 radical (unpaired) electrons. The molecule has 37 heavy (non-hydrogen) atoms. The molecule has 0 spiro atoms. The number of carbonyl (C=O) groups is 2. The molecule has 1 atom stereocenters. The van der Waals surface area contributed by atoms with Crippen molar-refractivity contribution < 1.29 is 27.5 Å². The van der Waals surface area contributed by atoms with Crippen LogP contribution >= 0.6 is 11.3 Å². The minimum absolute atomic E-state index is 0.0934. The Bertz CT molecular complexity index is 1220. The van der Waals surface area contributed by atoms with E-state index in [2.05, 4.69) is 17.1 Å². The molecule has 2 aromatic rings. The summed E-state index contributed by atoms with van der Waals surface area (Å²) in [5, 5.41) is 3.36. The number of hydrogen-bond acceptors (Lipinski definition) is 8. The number of likely N-dealkylation sites (N-methyl/N-ethyl adjacent to an activating group) is 1. The fraction of sp³-hybridized carbons (Fsp3) is 0.538. The number of esters is 1. The van der Waals surface area contributed by atoms with Crippen LogP contribution in [0.3, 0.4) is 0 Å². The summed E-state index contributed by atoms with van der Waals surface area (Å²) in [4.78, 5) is 29.4. The van der Waals surface area contributed by atoms with Gasteiger partial charge in [0.2, 0.25) is 10.0 Å². The lowest BCUT2D eigenvalue weighted by molar-refractivity contribution is 0.0526. The van der Waals surface area contributed by atoms with Crippen molar-refractivity contribution in [1.82, 2.24) is 9.21 Å². The highest BCUT2D eigenvalue weighted by atomic mass is 32.2. The molecule has 1 N–H and O–H groups in total. The van der Waals surface area contributed by atoms with Crippen LogP contribution in [0.25, 0.3) is 0 Å². The van der Waals surface area contributed by atoms with Gasteiger partial charge < -0.3 is 14.8 Å². The Kier molecular flexibility index (Phi) is 9.02. The minimum atomic E-state index is -3.71. The highest BCUT2D eigenvalue weighted by Crippen LogP contribution is 2.38. The van der Waals surface area contributed by atoms with Gasteiger partial charge in [0.15, 0.2) is 0 Å². The normalized spacial score (nSPS) is 18.1. The van der Waals surface area contributed by atoms with E-state index in [1.54, 1.807) is 6.92 Å². The van der Waals surface area contributed by atoms with Crippen molar-refractivity contribution in [3.63, 3.8) is 0 Å². The zero-order valence-electron chi connectivity index (χ0n) is 21.6. The first kappa shape index (κ1) is 27.7. The van der Waals surface area contributed by atoms with Gasteiger partial charge in [-0.3, -0.25) is 9.69 Å². The van der Waals surface area contributed by atoms with E-state index in [0.29, 0.717) is 29.3 Å². The number of anilines is 1. The lowest BCUT2D eigenvalue weighted by atomic mass is 10.0. The average molecular weight is 550 g/mol. The third kappa shape index (κ3) is 6.23. The fourth-order valence-electron chi connectivity index (χ4n) is 4.78. The van der Waals surface area contributed by atoms with E-state index in [0.717, 1.165) is 55.8 Å². The fourth-order valence-corrected chi connectivity index (χ4v) is 7.25. The van der Waals surface area contributed by atoms with Gasteiger partial charge in [-0.1, -0.05) is 6.92 Å². The smallest absolute Gasteiger partial charge is 0.341 e. The van der Waals surface area contributed by atoms with Gasteiger partial charge in [-0.2, -0.15) is 4.31 Å². The van der Waals surface area contributed by atoms with E-state index < -0.39 is 21.9 Å². The van der Waals surface area contributed by atoms with Crippen molar-refractivity contribution in [3.05, 3.63) is 45.8 Å². The van der Waals surface area contributed by atoms with E-state index >= 15 is 0 Å². The molecule has 9 nitrogen and oxygen atoms in total. The molecule has 4 rings (SSSR count). The predicted molar refractivity (Wildman–Crippen MR) is 143 cm³/mol. The highest BCUT2D eigenvalue weighted by molar-refractivity contribution is 7.89. The van der Waals surface area contributed by atoms with Gasteiger partial charge in [0, 0.05) is 43.7 Å². The summed E-state index contributed by atoms with van der Waals surface area (Å²) >= 11 is 1.41. The molecule has 1 amide bonds. The summed E-state index contributed by atoms with van der Waals surface area (Å²) in [7, 11) is -2.17. The molecular formula is C26H35N3O6S2. The topological polar surface area (TPSA) is 105 Å². The maximum atomic E-state index is 13.1. The molecule has 2 aliphatic rings. The number of hydrogen-bond donors (Lipinski definition) is 1. The van der Waals surface area contributed by atoms with Crippen LogP contribution in [0.15, 0.2) is 29.2 Å². The number of carbonyl (C=O) groups excluding carboxylic acids is 2. The molecule has 11 heteroatoms. The molecule has 1 aromatic heterocycles. The number of benzene rings is 1. The van der Waals surface area contributed by atoms with Crippen LogP contribution in [0.2, 0.25) is 0 Å². The molecule has 3 heterocycles. The zero-order valence-corrected chi connectivity index (χ0v) is 23.3. The number of sulfonamides is 1. The first-order chi connectivity index (χ1) is 17.7. The molecular weight excluding hydrogens is 514 g/mol. The summed E-state index contributed by atoms with van der Waals surface area (Å²) in [5.74, 6) is -0.846. The van der Waals surface area contributed by atoms with Crippen molar-refractivity contribution in [2.45, 2.75) is 57.1 Å². The largest absolute Gasteiger partial charge is 0.462 e. The Morgan fingerprint density at radius 1 is 1.24 bits per heavy atom. The molecule has 1 aromatic carbocycles. The predicted octanol–water partition coefficient (Wildman–Crippen LogP) is 3.74. The average Bonchev–Trinajstić information content (AvgIpc) is 3.51. The third-order valence-electron chi connectivity index (χ3n) is 6.69. The summed E-state index contributed by atoms with van der Waals surface area (Å²) < 4.78 is 38.1. The molecule has 1 unspecified atom stereocenters. The Hall–Kier alpha value is -2.31. The number of nitrogens with one attached hydrogen (secondary N) is 1. The van der Waals surface area contributed by atoms with Crippen LogP contribution in [0.5, 0.6) is 0 Å². The van der Waals surface area contributed by atoms with E-state index in [9.17, 15) is 18.0 Å². The van der Waals surface area contributed by atoms with Gasteiger partial charge in [-0.05, 0) is 69.0 Å². The quantitative estimate of drug-likeness (QED) is 0.450. The van der Waals surface area contributed by atoms with E-state index in [1.807, 2.05) is 0 Å². The standard InChI is InChI=1S/C26H35N3O6S2/c1-4-13-29-14-12-21-22(17-29)36-25(23(21)26(31)34-5-2)27-24(30)18-8-10-20(11-9-18)37(32,33)28(3)16-19-7-6-15-35-19/h8-11,19H,4-7,12-17H2,1-3H3,(H,27,30). The zero-order chi connectivity index (χ0) is 26.6. The van der Waals surface area contributed by atoms with Crippen molar-refractivity contribution in [2.24, 2.45) is 0 Å². The molecule has 0 bridgehead atoms. The summed E-state index contributed by atoms with van der Waals surface area (Å²) in [6.07, 6.45) is 3.45. The first-order valence-electron chi connectivity index (χ1n) is 12.8. The summed E-state index contributed by atoms with van der Waals surface area (Å²) in [5.41, 5.74) is 1.68. The number of nitrogens with zero attached hydrogens (tertiary/aromatic N) is 2. The van der Waals surface area contributed by atoms with E-state index in [4.69, 9.17) is 9.47 Å². The van der Waals surface area contributed by atoms with Gasteiger partial charge in [0.1, 0.15) is 5.00 Å². The lowest BCUT2D eigenvalue weighted by Gasteiger charge is -2.26. The monoisotopic (exact) mass is 549 g/mol. The van der Waals surface area contributed by atoms with E-state index in [1.165, 1.54) is 47.0 Å².